The number of nitrogens with one attached hydrogen (secondary N) is 1. The number of nitrogen functional groups attached to an aromatic ring is 1. The Morgan fingerprint density at radius 2 is 1.94 bits per heavy atom. The van der Waals surface area contributed by atoms with E-state index < -0.39 is 11.7 Å². The Hall–Kier alpha value is -3.99. The number of anilines is 1. The molecule has 1 amide bonds. The molecule has 0 atom stereocenters. The van der Waals surface area contributed by atoms with E-state index in [0.29, 0.717) is 22.7 Å². The molecule has 1 heterocycles. The molecule has 3 aromatic rings. The number of carbonyl (C=O) groups is 2. The molecule has 0 spiro atoms. The van der Waals surface area contributed by atoms with E-state index in [0.717, 1.165) is 16.5 Å². The van der Waals surface area contributed by atoms with Crippen molar-refractivity contribution in [2.75, 3.05) is 12.3 Å². The van der Waals surface area contributed by atoms with E-state index in [1.807, 2.05) is 18.2 Å². The highest BCUT2D eigenvalue weighted by Gasteiger charge is 2.17. The minimum absolute atomic E-state index is 0.164. The van der Waals surface area contributed by atoms with Crippen LogP contribution in [0, 0.1) is 11.3 Å². The van der Waals surface area contributed by atoms with Gasteiger partial charge in [-0.3, -0.25) is 4.79 Å². The molecule has 0 radical (unpaired) electrons. The van der Waals surface area contributed by atoms with Crippen LogP contribution in [0.5, 0.6) is 5.75 Å². The van der Waals surface area contributed by atoms with Gasteiger partial charge >= 0.3 is 6.09 Å². The molecule has 0 saturated heterocycles. The number of nitrogens with two attached hydrogens (primary N) is 1. The molecule has 3 N–H and O–H groups in total. The summed E-state index contributed by atoms with van der Waals surface area (Å²) in [7, 11) is 1.80. The number of alkyl carbamates (subject to hydrolysis) is 1. The number of Topliss-reactive ketones (excluding diaryl/α,β-unsaturated/α-hetero) is 1. The molecule has 0 unspecified atom stereocenters. The Labute approximate surface area is 186 Å². The Kier molecular flexibility index (Phi) is 6.40. The van der Waals surface area contributed by atoms with Gasteiger partial charge in [-0.05, 0) is 50.6 Å². The van der Waals surface area contributed by atoms with E-state index in [1.54, 1.807) is 56.7 Å². The lowest BCUT2D eigenvalue weighted by molar-refractivity contribution is 0.0520. The van der Waals surface area contributed by atoms with Gasteiger partial charge in [0.25, 0.3) is 0 Å². The molecule has 0 fully saturated rings. The van der Waals surface area contributed by atoms with E-state index in [2.05, 4.69) is 11.4 Å². The number of aryl methyl sites for hydroxylation is 1. The van der Waals surface area contributed by atoms with Crippen molar-refractivity contribution in [3.05, 3.63) is 59.2 Å². The molecular formula is C24H26N4O4. The maximum absolute atomic E-state index is 12.4. The lowest BCUT2D eigenvalue weighted by Crippen LogP contribution is -2.35. The summed E-state index contributed by atoms with van der Waals surface area (Å²) < 4.78 is 12.8. The van der Waals surface area contributed by atoms with Crippen LogP contribution in [0.4, 0.5) is 10.6 Å². The first-order valence-corrected chi connectivity index (χ1v) is 10.1. The molecule has 0 saturated carbocycles. The summed E-state index contributed by atoms with van der Waals surface area (Å²) >= 11 is 0. The van der Waals surface area contributed by atoms with Crippen molar-refractivity contribution >= 4 is 28.6 Å². The van der Waals surface area contributed by atoms with E-state index in [9.17, 15) is 14.9 Å². The van der Waals surface area contributed by atoms with Crippen LogP contribution >= 0.6 is 0 Å². The fraction of sp³-hybridized carbons (Fsp3) is 0.292. The van der Waals surface area contributed by atoms with Crippen molar-refractivity contribution < 1.29 is 19.1 Å². The van der Waals surface area contributed by atoms with Gasteiger partial charge in [-0.1, -0.05) is 18.2 Å². The molecule has 0 aliphatic heterocycles. The van der Waals surface area contributed by atoms with Crippen LogP contribution in [-0.4, -0.2) is 28.6 Å². The number of hydrogen-bond acceptors (Lipinski definition) is 6. The third-order valence-corrected chi connectivity index (χ3v) is 4.77. The molecule has 0 aliphatic carbocycles. The quantitative estimate of drug-likeness (QED) is 0.568. The van der Waals surface area contributed by atoms with Crippen LogP contribution in [0.3, 0.4) is 0 Å². The summed E-state index contributed by atoms with van der Waals surface area (Å²) in [5, 5.41) is 12.6. The maximum atomic E-state index is 12.4. The maximum Gasteiger partial charge on any atom is 0.408 e. The van der Waals surface area contributed by atoms with Crippen molar-refractivity contribution in [1.82, 2.24) is 9.88 Å². The fourth-order valence-corrected chi connectivity index (χ4v) is 3.22. The second-order valence-corrected chi connectivity index (χ2v) is 8.38. The Bertz CT molecular complexity index is 1220. The van der Waals surface area contributed by atoms with Crippen LogP contribution in [0.25, 0.3) is 10.9 Å². The monoisotopic (exact) mass is 434 g/mol. The van der Waals surface area contributed by atoms with Gasteiger partial charge in [0.15, 0.2) is 5.78 Å². The predicted molar refractivity (Wildman–Crippen MR) is 121 cm³/mol. The zero-order chi connectivity index (χ0) is 23.5. The molecule has 0 bridgehead atoms. The minimum Gasteiger partial charge on any atom is -0.489 e. The number of benzene rings is 2. The third-order valence-electron chi connectivity index (χ3n) is 4.77. The topological polar surface area (TPSA) is 119 Å². The fourth-order valence-electron chi connectivity index (χ4n) is 3.22. The van der Waals surface area contributed by atoms with Crippen LogP contribution in [-0.2, 0) is 18.4 Å². The molecule has 8 nitrogen and oxygen atoms in total. The molecule has 0 aliphatic rings. The highest BCUT2D eigenvalue weighted by Crippen LogP contribution is 2.30. The van der Waals surface area contributed by atoms with E-state index in [4.69, 9.17) is 15.2 Å². The number of hydrogen-bond donors (Lipinski definition) is 2. The van der Waals surface area contributed by atoms with Gasteiger partial charge in [0.2, 0.25) is 0 Å². The summed E-state index contributed by atoms with van der Waals surface area (Å²) in [6.07, 6.45) is -0.640. The van der Waals surface area contributed by atoms with Gasteiger partial charge in [0, 0.05) is 18.0 Å². The lowest BCUT2D eigenvalue weighted by atomic mass is 10.1. The Morgan fingerprint density at radius 1 is 1.19 bits per heavy atom. The zero-order valence-corrected chi connectivity index (χ0v) is 18.6. The summed E-state index contributed by atoms with van der Waals surface area (Å²) in [6.45, 7) is 5.33. The van der Waals surface area contributed by atoms with Crippen molar-refractivity contribution in [2.45, 2.75) is 33.0 Å². The van der Waals surface area contributed by atoms with Crippen molar-refractivity contribution in [2.24, 2.45) is 7.05 Å². The third kappa shape index (κ3) is 5.19. The second kappa shape index (κ2) is 9.02. The molecule has 1 aromatic heterocycles. The van der Waals surface area contributed by atoms with Gasteiger partial charge in [-0.25, -0.2) is 4.79 Å². The van der Waals surface area contributed by atoms with Gasteiger partial charge < -0.3 is 25.1 Å². The second-order valence-electron chi connectivity index (χ2n) is 8.38. The molecule has 166 valence electrons. The van der Waals surface area contributed by atoms with Gasteiger partial charge in [-0.2, -0.15) is 5.26 Å². The highest BCUT2D eigenvalue weighted by atomic mass is 16.6. The Balaban J connectivity index is 1.66. The zero-order valence-electron chi connectivity index (χ0n) is 18.6. The molecular weight excluding hydrogens is 408 g/mol. The predicted octanol–water partition coefficient (Wildman–Crippen LogP) is 3.92. The number of nitriles is 1. The number of amides is 1. The Morgan fingerprint density at radius 3 is 2.62 bits per heavy atom. The first-order valence-electron chi connectivity index (χ1n) is 10.1. The first kappa shape index (κ1) is 22.7. The van der Waals surface area contributed by atoms with E-state index in [1.165, 1.54) is 0 Å². The van der Waals surface area contributed by atoms with Crippen LogP contribution in [0.2, 0.25) is 0 Å². The molecule has 3 rings (SSSR count). The summed E-state index contributed by atoms with van der Waals surface area (Å²) in [6, 6.07) is 14.6. The highest BCUT2D eigenvalue weighted by molar-refractivity contribution is 5.99. The summed E-state index contributed by atoms with van der Waals surface area (Å²) in [5.74, 6) is 0.756. The first-order chi connectivity index (χ1) is 15.1. The summed E-state index contributed by atoms with van der Waals surface area (Å²) in [5.41, 5.74) is 7.87. The van der Waals surface area contributed by atoms with Crippen molar-refractivity contribution in [3.8, 4) is 11.8 Å². The lowest BCUT2D eigenvalue weighted by Gasteiger charge is -2.19. The number of nitrogens with zero attached hydrogens (tertiary/aromatic N) is 2. The van der Waals surface area contributed by atoms with Crippen LogP contribution < -0.4 is 15.8 Å². The number of carbonyl (C=O) groups excluding carboxylic acids is 2. The molecule has 8 heteroatoms. The number of fused-ring (bicyclic) bond motifs is 1. The average Bonchev–Trinajstić information content (AvgIpc) is 2.98. The van der Waals surface area contributed by atoms with Crippen molar-refractivity contribution in [3.63, 3.8) is 0 Å². The number of ether oxygens (including phenoxy) is 2. The van der Waals surface area contributed by atoms with Gasteiger partial charge in [0.05, 0.1) is 12.1 Å². The summed E-state index contributed by atoms with van der Waals surface area (Å²) in [4.78, 5) is 24.2. The standard InChI is InChI=1S/C24H26N4O4/c1-24(2,3)32-23(30)27-13-21(29)16-7-5-6-15(10-16)14-31-17-8-9-20-18(11-17)19(12-25)22(26)28(20)4/h5-11H,13-14,26H2,1-4H3,(H,27,30). The normalized spacial score (nSPS) is 11.1. The van der Waals surface area contributed by atoms with Crippen LogP contribution in [0.15, 0.2) is 42.5 Å². The van der Waals surface area contributed by atoms with Crippen LogP contribution in [0.1, 0.15) is 42.3 Å². The SMILES string of the molecule is Cn1c(N)c(C#N)c2cc(OCc3cccc(C(=O)CNC(=O)OC(C)(C)C)c3)ccc21. The van der Waals surface area contributed by atoms with Gasteiger partial charge in [0.1, 0.15) is 35.4 Å². The van der Waals surface area contributed by atoms with E-state index in [-0.39, 0.29) is 18.9 Å². The van der Waals surface area contributed by atoms with Crippen molar-refractivity contribution in [1.29, 1.82) is 5.26 Å². The number of aromatic nitrogens is 1. The molecule has 2 aromatic carbocycles. The van der Waals surface area contributed by atoms with E-state index >= 15 is 0 Å². The van der Waals surface area contributed by atoms with Gasteiger partial charge in [-0.15, -0.1) is 0 Å². The molecule has 32 heavy (non-hydrogen) atoms. The average molecular weight is 434 g/mol. The number of ketones is 1. The smallest absolute Gasteiger partial charge is 0.408 e. The minimum atomic E-state index is -0.640. The number of rotatable bonds is 6. The largest absolute Gasteiger partial charge is 0.489 e.